The number of carbonyl (C=O) groups excluding carboxylic acids is 3. The zero-order valence-corrected chi connectivity index (χ0v) is 18.3. The number of benzene rings is 1. The zero-order chi connectivity index (χ0) is 21.8. The highest BCUT2D eigenvalue weighted by Gasteiger charge is 2.36. The Hall–Kier alpha value is -2.37. The zero-order valence-electron chi connectivity index (χ0n) is 15.9. The molecule has 2 heterocycles. The van der Waals surface area contributed by atoms with Crippen LogP contribution in [0.3, 0.4) is 0 Å². The summed E-state index contributed by atoms with van der Waals surface area (Å²) in [5.41, 5.74) is 1.12. The fourth-order valence-electron chi connectivity index (χ4n) is 2.92. The van der Waals surface area contributed by atoms with E-state index in [1.807, 2.05) is 0 Å². The van der Waals surface area contributed by atoms with Gasteiger partial charge in [0.05, 0.1) is 23.5 Å². The molecule has 1 atom stereocenters. The van der Waals surface area contributed by atoms with Gasteiger partial charge < -0.3 is 14.7 Å². The summed E-state index contributed by atoms with van der Waals surface area (Å²) < 4.78 is 5.00. The smallest absolute Gasteiger partial charge is 0.337 e. The number of hydrogen-bond donors (Lipinski definition) is 1. The summed E-state index contributed by atoms with van der Waals surface area (Å²) in [6.45, 7) is 0.0929. The van der Waals surface area contributed by atoms with Crippen molar-refractivity contribution < 1.29 is 29.0 Å². The Morgan fingerprint density at radius 3 is 2.63 bits per heavy atom. The van der Waals surface area contributed by atoms with Crippen molar-refractivity contribution in [3.8, 4) is 0 Å². The molecule has 2 saturated heterocycles. The first-order valence-corrected chi connectivity index (χ1v) is 11.2. The molecule has 30 heavy (non-hydrogen) atoms. The highest BCUT2D eigenvalue weighted by atomic mass is 32.2. The number of aliphatic carboxylic acids is 1. The van der Waals surface area contributed by atoms with Gasteiger partial charge in [0, 0.05) is 18.7 Å². The van der Waals surface area contributed by atoms with E-state index in [2.05, 4.69) is 4.74 Å². The first kappa shape index (κ1) is 22.3. The molecule has 0 aromatic heterocycles. The van der Waals surface area contributed by atoms with Crippen LogP contribution in [0.4, 0.5) is 0 Å². The van der Waals surface area contributed by atoms with E-state index in [9.17, 15) is 24.3 Å². The van der Waals surface area contributed by atoms with Gasteiger partial charge in [0.25, 0.3) is 5.91 Å². The SMILES string of the molecule is COC(=O)c1ccc(/C=C2/SC(=S)N(CCC(=O)N3CSCC3C(=O)O)C2=O)cc1. The second kappa shape index (κ2) is 9.63. The van der Waals surface area contributed by atoms with Crippen LogP contribution in [0.25, 0.3) is 6.08 Å². The van der Waals surface area contributed by atoms with E-state index in [4.69, 9.17) is 12.2 Å². The summed E-state index contributed by atoms with van der Waals surface area (Å²) in [5.74, 6) is -1.40. The predicted octanol–water partition coefficient (Wildman–Crippen LogP) is 2.05. The Labute approximate surface area is 186 Å². The first-order valence-electron chi connectivity index (χ1n) is 8.85. The number of rotatable bonds is 6. The van der Waals surface area contributed by atoms with Crippen LogP contribution in [-0.2, 0) is 19.1 Å². The van der Waals surface area contributed by atoms with Crippen LogP contribution in [-0.4, -0.2) is 74.3 Å². The van der Waals surface area contributed by atoms with Gasteiger partial charge in [-0.3, -0.25) is 14.5 Å². The maximum atomic E-state index is 12.7. The van der Waals surface area contributed by atoms with Crippen LogP contribution in [0.2, 0.25) is 0 Å². The van der Waals surface area contributed by atoms with Crippen molar-refractivity contribution in [1.82, 2.24) is 9.80 Å². The lowest BCUT2D eigenvalue weighted by molar-refractivity contribution is -0.147. The molecule has 0 bridgehead atoms. The molecule has 1 unspecified atom stereocenters. The Balaban J connectivity index is 1.63. The lowest BCUT2D eigenvalue weighted by Gasteiger charge is -2.22. The van der Waals surface area contributed by atoms with Crippen molar-refractivity contribution in [1.29, 1.82) is 0 Å². The van der Waals surface area contributed by atoms with E-state index < -0.39 is 18.0 Å². The number of amides is 2. The lowest BCUT2D eigenvalue weighted by atomic mass is 10.1. The van der Waals surface area contributed by atoms with Crippen LogP contribution >= 0.6 is 35.7 Å². The Morgan fingerprint density at radius 2 is 2.00 bits per heavy atom. The molecule has 0 spiro atoms. The summed E-state index contributed by atoms with van der Waals surface area (Å²) >= 11 is 7.80. The number of esters is 1. The summed E-state index contributed by atoms with van der Waals surface area (Å²) in [5, 5.41) is 9.20. The molecule has 158 valence electrons. The van der Waals surface area contributed by atoms with E-state index in [0.29, 0.717) is 26.4 Å². The molecule has 1 N–H and O–H groups in total. The van der Waals surface area contributed by atoms with Gasteiger partial charge in [0.15, 0.2) is 0 Å². The summed E-state index contributed by atoms with van der Waals surface area (Å²) in [6.07, 6.45) is 1.66. The third-order valence-corrected chi connectivity index (χ3v) is 6.93. The standard InChI is InChI=1S/C19H18N2O6S3/c1-27-18(26)12-4-2-11(3-5-12)8-14-16(23)20(19(28)30-14)7-6-15(22)21-10-29-9-13(21)17(24)25/h2-5,8,13H,6-7,9-10H2,1H3,(H,24,25)/b14-8+. The molecule has 1 aromatic rings. The van der Waals surface area contributed by atoms with Gasteiger partial charge in [-0.2, -0.15) is 0 Å². The van der Waals surface area contributed by atoms with Crippen LogP contribution in [0.5, 0.6) is 0 Å². The van der Waals surface area contributed by atoms with E-state index in [1.54, 1.807) is 30.3 Å². The number of thioether (sulfide) groups is 2. The van der Waals surface area contributed by atoms with Crippen molar-refractivity contribution in [2.45, 2.75) is 12.5 Å². The Morgan fingerprint density at radius 1 is 1.30 bits per heavy atom. The maximum absolute atomic E-state index is 12.7. The first-order chi connectivity index (χ1) is 14.3. The lowest BCUT2D eigenvalue weighted by Crippen LogP contribution is -2.43. The number of carboxylic acids is 1. The van der Waals surface area contributed by atoms with Crippen molar-refractivity contribution in [2.75, 3.05) is 25.3 Å². The van der Waals surface area contributed by atoms with Crippen LogP contribution < -0.4 is 0 Å². The molecular formula is C19H18N2O6S3. The Bertz CT molecular complexity index is 931. The molecule has 3 rings (SSSR count). The van der Waals surface area contributed by atoms with Crippen LogP contribution in [0.15, 0.2) is 29.2 Å². The molecule has 2 aliphatic heterocycles. The third kappa shape index (κ3) is 4.85. The third-order valence-electron chi connectivity index (χ3n) is 4.54. The normalized spacial score (nSPS) is 20.2. The highest BCUT2D eigenvalue weighted by Crippen LogP contribution is 2.33. The molecule has 0 aliphatic carbocycles. The molecule has 2 amide bonds. The van der Waals surface area contributed by atoms with Crippen molar-refractivity contribution in [3.05, 3.63) is 40.3 Å². The number of hydrogen-bond acceptors (Lipinski definition) is 8. The average molecular weight is 467 g/mol. The average Bonchev–Trinajstić information content (AvgIpc) is 3.32. The summed E-state index contributed by atoms with van der Waals surface area (Å²) in [6, 6.07) is 5.76. The van der Waals surface area contributed by atoms with Gasteiger partial charge >= 0.3 is 11.9 Å². The molecule has 2 fully saturated rings. The van der Waals surface area contributed by atoms with Gasteiger partial charge in [0.2, 0.25) is 5.91 Å². The van der Waals surface area contributed by atoms with E-state index >= 15 is 0 Å². The Kier molecular flexibility index (Phi) is 7.16. The predicted molar refractivity (Wildman–Crippen MR) is 118 cm³/mol. The molecule has 2 aliphatic rings. The fraction of sp³-hybridized carbons (Fsp3) is 0.316. The molecule has 0 saturated carbocycles. The number of nitrogens with zero attached hydrogens (tertiary/aromatic N) is 2. The van der Waals surface area contributed by atoms with Crippen molar-refractivity contribution in [3.63, 3.8) is 0 Å². The summed E-state index contributed by atoms with van der Waals surface area (Å²) in [4.78, 5) is 51.0. The maximum Gasteiger partial charge on any atom is 0.337 e. The molecule has 8 nitrogen and oxygen atoms in total. The number of ether oxygens (including phenoxy) is 1. The monoisotopic (exact) mass is 466 g/mol. The van der Waals surface area contributed by atoms with Gasteiger partial charge in [-0.05, 0) is 23.8 Å². The van der Waals surface area contributed by atoms with Gasteiger partial charge in [-0.1, -0.05) is 36.1 Å². The van der Waals surface area contributed by atoms with Crippen molar-refractivity contribution in [2.24, 2.45) is 0 Å². The minimum atomic E-state index is -1.03. The van der Waals surface area contributed by atoms with Gasteiger partial charge in [-0.15, -0.1) is 11.8 Å². The second-order valence-corrected chi connectivity index (χ2v) is 9.09. The van der Waals surface area contributed by atoms with E-state index in [-0.39, 0.29) is 24.8 Å². The largest absolute Gasteiger partial charge is 0.480 e. The number of carbonyl (C=O) groups is 4. The minimum absolute atomic E-state index is 0.00210. The second-order valence-electron chi connectivity index (χ2n) is 6.41. The van der Waals surface area contributed by atoms with Gasteiger partial charge in [0.1, 0.15) is 10.4 Å². The fourth-order valence-corrected chi connectivity index (χ4v) is 5.40. The quantitative estimate of drug-likeness (QED) is 0.383. The number of thiocarbonyl (C=S) groups is 1. The summed E-state index contributed by atoms with van der Waals surface area (Å²) in [7, 11) is 1.30. The molecule has 1 aromatic carbocycles. The van der Waals surface area contributed by atoms with Crippen molar-refractivity contribution >= 4 is 69.9 Å². The van der Waals surface area contributed by atoms with Crippen LogP contribution in [0.1, 0.15) is 22.3 Å². The molecule has 11 heteroatoms. The minimum Gasteiger partial charge on any atom is -0.480 e. The van der Waals surface area contributed by atoms with E-state index in [0.717, 1.165) is 17.3 Å². The van der Waals surface area contributed by atoms with E-state index in [1.165, 1.54) is 28.7 Å². The van der Waals surface area contributed by atoms with Crippen LogP contribution in [0, 0.1) is 0 Å². The number of methoxy groups -OCH3 is 1. The topological polar surface area (TPSA) is 104 Å². The molecule has 0 radical (unpaired) electrons. The van der Waals surface area contributed by atoms with Gasteiger partial charge in [-0.25, -0.2) is 9.59 Å². The highest BCUT2D eigenvalue weighted by molar-refractivity contribution is 8.26. The molecular weight excluding hydrogens is 448 g/mol. The number of carboxylic acid groups (broad SMARTS) is 1.